The summed E-state index contributed by atoms with van der Waals surface area (Å²) < 4.78 is 12.5. The third-order valence-corrected chi connectivity index (χ3v) is 4.20. The van der Waals surface area contributed by atoms with Gasteiger partial charge in [-0.3, -0.25) is 0 Å². The molecule has 3 rings (SSSR count). The third kappa shape index (κ3) is 1.93. The third-order valence-electron chi connectivity index (χ3n) is 3.54. The second-order valence-corrected chi connectivity index (χ2v) is 5.47. The van der Waals surface area contributed by atoms with Crippen molar-refractivity contribution in [2.75, 3.05) is 26.3 Å². The molecular formula is C13H16BrNO2. The first-order chi connectivity index (χ1) is 8.27. The standard InChI is InChI=1S/C13H16BrNO2/c1-8-12(9-2-3-15-7-9)10(14)6-11-13(8)17-5-4-16-11/h6,9,15H,2-5,7H2,1H3. The van der Waals surface area contributed by atoms with E-state index in [9.17, 15) is 0 Å². The van der Waals surface area contributed by atoms with Crippen LogP contribution in [0, 0.1) is 6.92 Å². The maximum Gasteiger partial charge on any atom is 0.164 e. The molecule has 3 nitrogen and oxygen atoms in total. The quantitative estimate of drug-likeness (QED) is 0.864. The van der Waals surface area contributed by atoms with Crippen LogP contribution in [-0.2, 0) is 0 Å². The minimum atomic E-state index is 0.584. The van der Waals surface area contributed by atoms with Crippen molar-refractivity contribution < 1.29 is 9.47 Å². The second-order valence-electron chi connectivity index (χ2n) is 4.61. The zero-order chi connectivity index (χ0) is 11.8. The predicted molar refractivity (Wildman–Crippen MR) is 70.1 cm³/mol. The molecule has 4 heteroatoms. The molecule has 0 radical (unpaired) electrons. The van der Waals surface area contributed by atoms with Gasteiger partial charge in [0, 0.05) is 11.0 Å². The van der Waals surface area contributed by atoms with Gasteiger partial charge in [-0.2, -0.15) is 0 Å². The molecule has 1 fully saturated rings. The number of rotatable bonds is 1. The lowest BCUT2D eigenvalue weighted by molar-refractivity contribution is 0.170. The molecule has 0 aromatic heterocycles. The van der Waals surface area contributed by atoms with Crippen LogP contribution in [0.5, 0.6) is 11.5 Å². The van der Waals surface area contributed by atoms with Crippen LogP contribution in [0.2, 0.25) is 0 Å². The van der Waals surface area contributed by atoms with Crippen molar-refractivity contribution in [2.45, 2.75) is 19.3 Å². The van der Waals surface area contributed by atoms with E-state index in [0.717, 1.165) is 29.1 Å². The average molecular weight is 298 g/mol. The van der Waals surface area contributed by atoms with E-state index in [4.69, 9.17) is 9.47 Å². The molecule has 1 atom stereocenters. The van der Waals surface area contributed by atoms with Gasteiger partial charge in [0.1, 0.15) is 13.2 Å². The Kier molecular flexibility index (Phi) is 3.01. The van der Waals surface area contributed by atoms with Crippen LogP contribution in [0.1, 0.15) is 23.5 Å². The zero-order valence-corrected chi connectivity index (χ0v) is 11.5. The van der Waals surface area contributed by atoms with Crippen molar-refractivity contribution >= 4 is 15.9 Å². The Morgan fingerprint density at radius 1 is 1.35 bits per heavy atom. The van der Waals surface area contributed by atoms with Crippen LogP contribution in [0.4, 0.5) is 0 Å². The molecular weight excluding hydrogens is 282 g/mol. The van der Waals surface area contributed by atoms with Crippen molar-refractivity contribution in [2.24, 2.45) is 0 Å². The van der Waals surface area contributed by atoms with E-state index in [0.29, 0.717) is 19.1 Å². The van der Waals surface area contributed by atoms with E-state index < -0.39 is 0 Å². The van der Waals surface area contributed by atoms with E-state index in [2.05, 4.69) is 34.2 Å². The molecule has 1 aromatic rings. The molecule has 92 valence electrons. The molecule has 0 bridgehead atoms. The lowest BCUT2D eigenvalue weighted by Crippen LogP contribution is -2.18. The van der Waals surface area contributed by atoms with Crippen molar-refractivity contribution in [1.82, 2.24) is 5.32 Å². The number of benzene rings is 1. The van der Waals surface area contributed by atoms with Crippen LogP contribution in [0.25, 0.3) is 0 Å². The van der Waals surface area contributed by atoms with Gasteiger partial charge in [-0.1, -0.05) is 15.9 Å². The molecule has 0 aliphatic carbocycles. The van der Waals surface area contributed by atoms with Gasteiger partial charge in [-0.05, 0) is 43.0 Å². The summed E-state index contributed by atoms with van der Waals surface area (Å²) in [5, 5.41) is 3.41. The molecule has 2 heterocycles. The Bertz CT molecular complexity index is 442. The minimum Gasteiger partial charge on any atom is -0.486 e. The Balaban J connectivity index is 2.08. The first-order valence-electron chi connectivity index (χ1n) is 6.06. The van der Waals surface area contributed by atoms with E-state index in [1.165, 1.54) is 17.5 Å². The number of nitrogens with one attached hydrogen (secondary N) is 1. The zero-order valence-electron chi connectivity index (χ0n) is 9.88. The summed E-state index contributed by atoms with van der Waals surface area (Å²) in [4.78, 5) is 0. The van der Waals surface area contributed by atoms with Gasteiger partial charge in [0.05, 0.1) is 0 Å². The van der Waals surface area contributed by atoms with Gasteiger partial charge in [0.25, 0.3) is 0 Å². The molecule has 1 unspecified atom stereocenters. The Labute approximate surface area is 110 Å². The van der Waals surface area contributed by atoms with Gasteiger partial charge in [-0.15, -0.1) is 0 Å². The second kappa shape index (κ2) is 4.50. The molecule has 2 aliphatic heterocycles. The number of fused-ring (bicyclic) bond motifs is 1. The number of hydrogen-bond acceptors (Lipinski definition) is 3. The first kappa shape index (κ1) is 11.4. The smallest absolute Gasteiger partial charge is 0.164 e. The van der Waals surface area contributed by atoms with Crippen molar-refractivity contribution in [1.29, 1.82) is 0 Å². The fraction of sp³-hybridized carbons (Fsp3) is 0.538. The van der Waals surface area contributed by atoms with Crippen LogP contribution < -0.4 is 14.8 Å². The van der Waals surface area contributed by atoms with E-state index in [-0.39, 0.29) is 0 Å². The summed E-state index contributed by atoms with van der Waals surface area (Å²) in [6.07, 6.45) is 1.19. The van der Waals surface area contributed by atoms with E-state index >= 15 is 0 Å². The average Bonchev–Trinajstić information content (AvgIpc) is 2.83. The highest BCUT2D eigenvalue weighted by molar-refractivity contribution is 9.10. The lowest BCUT2D eigenvalue weighted by atomic mass is 9.93. The fourth-order valence-corrected chi connectivity index (χ4v) is 3.56. The summed E-state index contributed by atoms with van der Waals surface area (Å²) >= 11 is 3.67. The van der Waals surface area contributed by atoms with Gasteiger partial charge < -0.3 is 14.8 Å². The molecule has 0 spiro atoms. The first-order valence-corrected chi connectivity index (χ1v) is 6.86. The molecule has 0 amide bonds. The van der Waals surface area contributed by atoms with Crippen LogP contribution in [0.3, 0.4) is 0 Å². The van der Waals surface area contributed by atoms with Crippen LogP contribution in [-0.4, -0.2) is 26.3 Å². The fourth-order valence-electron chi connectivity index (χ4n) is 2.73. The summed E-state index contributed by atoms with van der Waals surface area (Å²) in [6, 6.07) is 2.05. The Morgan fingerprint density at radius 2 is 2.18 bits per heavy atom. The number of ether oxygens (including phenoxy) is 2. The highest BCUT2D eigenvalue weighted by Crippen LogP contribution is 2.43. The Hall–Kier alpha value is -0.740. The summed E-state index contributed by atoms with van der Waals surface area (Å²) in [7, 11) is 0. The van der Waals surface area contributed by atoms with Crippen molar-refractivity contribution in [3.63, 3.8) is 0 Å². The maximum absolute atomic E-state index is 5.74. The predicted octanol–water partition coefficient (Wildman–Crippen LogP) is 2.61. The molecule has 0 saturated carbocycles. The molecule has 1 aromatic carbocycles. The maximum atomic E-state index is 5.74. The largest absolute Gasteiger partial charge is 0.486 e. The van der Waals surface area contributed by atoms with E-state index in [1.807, 2.05) is 0 Å². The topological polar surface area (TPSA) is 30.5 Å². The Morgan fingerprint density at radius 3 is 2.94 bits per heavy atom. The van der Waals surface area contributed by atoms with Crippen LogP contribution in [0.15, 0.2) is 10.5 Å². The number of halogens is 1. The number of hydrogen-bond donors (Lipinski definition) is 1. The van der Waals surface area contributed by atoms with Gasteiger partial charge in [-0.25, -0.2) is 0 Å². The molecule has 17 heavy (non-hydrogen) atoms. The van der Waals surface area contributed by atoms with Crippen LogP contribution >= 0.6 is 15.9 Å². The van der Waals surface area contributed by atoms with Gasteiger partial charge in [0.15, 0.2) is 11.5 Å². The highest BCUT2D eigenvalue weighted by Gasteiger charge is 2.26. The monoisotopic (exact) mass is 297 g/mol. The summed E-state index contributed by atoms with van der Waals surface area (Å²) in [5.41, 5.74) is 2.60. The van der Waals surface area contributed by atoms with E-state index in [1.54, 1.807) is 0 Å². The minimum absolute atomic E-state index is 0.584. The highest BCUT2D eigenvalue weighted by atomic mass is 79.9. The molecule has 2 aliphatic rings. The lowest BCUT2D eigenvalue weighted by Gasteiger charge is -2.24. The van der Waals surface area contributed by atoms with Crippen molar-refractivity contribution in [3.8, 4) is 11.5 Å². The van der Waals surface area contributed by atoms with Gasteiger partial charge >= 0.3 is 0 Å². The SMILES string of the molecule is Cc1c2c(cc(Br)c1C1CCNC1)OCCO2. The van der Waals surface area contributed by atoms with Crippen molar-refractivity contribution in [3.05, 3.63) is 21.7 Å². The molecule has 1 N–H and O–H groups in total. The van der Waals surface area contributed by atoms with Gasteiger partial charge in [0.2, 0.25) is 0 Å². The summed E-state index contributed by atoms with van der Waals surface area (Å²) in [6.45, 7) is 5.58. The molecule has 1 saturated heterocycles. The summed E-state index contributed by atoms with van der Waals surface area (Å²) in [5.74, 6) is 2.39. The normalized spacial score (nSPS) is 22.8.